The molecule has 0 radical (unpaired) electrons. The largest absolute Gasteiger partial charge is 0.397 e. The second-order valence-corrected chi connectivity index (χ2v) is 5.29. The van der Waals surface area contributed by atoms with Crippen LogP contribution in [0, 0.1) is 18.3 Å². The van der Waals surface area contributed by atoms with E-state index < -0.39 is 0 Å². The number of nitrogen functional groups attached to an aromatic ring is 1. The summed E-state index contributed by atoms with van der Waals surface area (Å²) >= 11 is 0. The number of hydrogen-bond donors (Lipinski definition) is 1. The molecule has 3 heteroatoms. The lowest BCUT2D eigenvalue weighted by Gasteiger charge is -2.09. The molecule has 82 valence electrons. The Bertz CT molecular complexity index is 445. The average molecular weight is 206 g/mol. The molecule has 1 heterocycles. The van der Waals surface area contributed by atoms with Gasteiger partial charge in [-0.05, 0) is 30.2 Å². The molecule has 0 aromatic carbocycles. The molecule has 1 aromatic rings. The van der Waals surface area contributed by atoms with Crippen molar-refractivity contribution < 1.29 is 0 Å². The van der Waals surface area contributed by atoms with Gasteiger partial charge in [-0.1, -0.05) is 13.8 Å². The van der Waals surface area contributed by atoms with Crippen LogP contribution in [-0.2, 0) is 6.54 Å². The van der Waals surface area contributed by atoms with Crippen LogP contribution in [0.2, 0.25) is 0 Å². The number of hydrogen-bond acceptors (Lipinski definition) is 2. The standard InChI is InChI=1S/C12H18N2O/c1-8-4-11(15)14(7-10(8)13)6-9-5-12(9,2)3/h4,7,9H,5-6,13H2,1-3H3. The molecular weight excluding hydrogens is 188 g/mol. The van der Waals surface area contributed by atoms with Crippen molar-refractivity contribution in [3.8, 4) is 0 Å². The molecule has 2 N–H and O–H groups in total. The Morgan fingerprint density at radius 3 is 2.73 bits per heavy atom. The summed E-state index contributed by atoms with van der Waals surface area (Å²) in [4.78, 5) is 11.7. The summed E-state index contributed by atoms with van der Waals surface area (Å²) in [6.45, 7) is 7.14. The van der Waals surface area contributed by atoms with E-state index in [0.717, 1.165) is 12.1 Å². The molecule has 0 spiro atoms. The third-order valence-electron chi connectivity index (χ3n) is 3.51. The first-order valence-electron chi connectivity index (χ1n) is 5.37. The third kappa shape index (κ3) is 1.91. The SMILES string of the molecule is Cc1cc(=O)n(CC2CC2(C)C)cc1N. The Morgan fingerprint density at radius 1 is 1.60 bits per heavy atom. The molecule has 0 amide bonds. The molecule has 1 atom stereocenters. The topological polar surface area (TPSA) is 48.0 Å². The molecule has 3 nitrogen and oxygen atoms in total. The zero-order chi connectivity index (χ0) is 11.2. The Hall–Kier alpha value is -1.25. The summed E-state index contributed by atoms with van der Waals surface area (Å²) in [6.07, 6.45) is 2.97. The van der Waals surface area contributed by atoms with Crippen LogP contribution < -0.4 is 11.3 Å². The molecule has 1 unspecified atom stereocenters. The fourth-order valence-electron chi connectivity index (χ4n) is 1.95. The van der Waals surface area contributed by atoms with Crippen molar-refractivity contribution in [1.82, 2.24) is 4.57 Å². The highest BCUT2D eigenvalue weighted by atomic mass is 16.1. The minimum absolute atomic E-state index is 0.0596. The van der Waals surface area contributed by atoms with E-state index in [4.69, 9.17) is 5.73 Å². The lowest BCUT2D eigenvalue weighted by molar-refractivity contribution is 0.491. The highest BCUT2D eigenvalue weighted by Crippen LogP contribution is 2.52. The Labute approximate surface area is 89.9 Å². The van der Waals surface area contributed by atoms with Crippen LogP contribution >= 0.6 is 0 Å². The molecule has 15 heavy (non-hydrogen) atoms. The monoisotopic (exact) mass is 206 g/mol. The lowest BCUT2D eigenvalue weighted by Crippen LogP contribution is -2.21. The summed E-state index contributed by atoms with van der Waals surface area (Å²) in [5, 5.41) is 0. The highest BCUT2D eigenvalue weighted by Gasteiger charge is 2.45. The van der Waals surface area contributed by atoms with E-state index in [1.807, 2.05) is 6.92 Å². The van der Waals surface area contributed by atoms with Crippen LogP contribution in [-0.4, -0.2) is 4.57 Å². The Balaban J connectivity index is 2.23. The van der Waals surface area contributed by atoms with Gasteiger partial charge in [-0.25, -0.2) is 0 Å². The molecule has 0 aliphatic heterocycles. The summed E-state index contributed by atoms with van der Waals surface area (Å²) < 4.78 is 1.74. The molecule has 1 saturated carbocycles. The van der Waals surface area contributed by atoms with E-state index in [1.54, 1.807) is 16.8 Å². The molecular formula is C12H18N2O. The van der Waals surface area contributed by atoms with Crippen molar-refractivity contribution in [2.24, 2.45) is 11.3 Å². The van der Waals surface area contributed by atoms with Gasteiger partial charge in [0.2, 0.25) is 0 Å². The molecule has 0 saturated heterocycles. The second-order valence-electron chi connectivity index (χ2n) is 5.29. The van der Waals surface area contributed by atoms with Crippen molar-refractivity contribution in [3.63, 3.8) is 0 Å². The van der Waals surface area contributed by atoms with E-state index >= 15 is 0 Å². The van der Waals surface area contributed by atoms with Gasteiger partial charge in [0, 0.05) is 18.8 Å². The summed E-state index contributed by atoms with van der Waals surface area (Å²) in [5.41, 5.74) is 7.82. The van der Waals surface area contributed by atoms with Crippen molar-refractivity contribution >= 4 is 5.69 Å². The fraction of sp³-hybridized carbons (Fsp3) is 0.583. The second kappa shape index (κ2) is 3.12. The number of nitrogens with two attached hydrogens (primary N) is 1. The van der Waals surface area contributed by atoms with E-state index in [1.165, 1.54) is 6.42 Å². The number of pyridine rings is 1. The molecule has 1 fully saturated rings. The van der Waals surface area contributed by atoms with Gasteiger partial charge < -0.3 is 10.3 Å². The van der Waals surface area contributed by atoms with Crippen LogP contribution in [0.25, 0.3) is 0 Å². The fourth-order valence-corrected chi connectivity index (χ4v) is 1.95. The summed E-state index contributed by atoms with van der Waals surface area (Å²) in [7, 11) is 0. The smallest absolute Gasteiger partial charge is 0.250 e. The minimum Gasteiger partial charge on any atom is -0.397 e. The first-order chi connectivity index (χ1) is 6.90. The third-order valence-corrected chi connectivity index (χ3v) is 3.51. The van der Waals surface area contributed by atoms with Gasteiger partial charge in [-0.15, -0.1) is 0 Å². The van der Waals surface area contributed by atoms with E-state index in [9.17, 15) is 4.79 Å². The normalized spacial score (nSPS) is 22.7. The molecule has 0 bridgehead atoms. The van der Waals surface area contributed by atoms with Gasteiger partial charge in [0.1, 0.15) is 0 Å². The van der Waals surface area contributed by atoms with Gasteiger partial charge in [-0.3, -0.25) is 4.79 Å². The zero-order valence-corrected chi connectivity index (χ0v) is 9.58. The number of rotatable bonds is 2. The van der Waals surface area contributed by atoms with Crippen LogP contribution in [0.1, 0.15) is 25.8 Å². The average Bonchev–Trinajstić information content (AvgIpc) is 2.70. The summed E-state index contributed by atoms with van der Waals surface area (Å²) in [6, 6.07) is 1.62. The minimum atomic E-state index is 0.0596. The first-order valence-corrected chi connectivity index (χ1v) is 5.37. The highest BCUT2D eigenvalue weighted by molar-refractivity contribution is 5.42. The maximum absolute atomic E-state index is 11.7. The predicted octanol–water partition coefficient (Wildman–Crippen LogP) is 1.79. The number of nitrogens with zero attached hydrogens (tertiary/aromatic N) is 1. The van der Waals surface area contributed by atoms with Crippen molar-refractivity contribution in [1.29, 1.82) is 0 Å². The Morgan fingerprint density at radius 2 is 2.20 bits per heavy atom. The zero-order valence-electron chi connectivity index (χ0n) is 9.58. The van der Waals surface area contributed by atoms with Crippen LogP contribution in [0.3, 0.4) is 0 Å². The van der Waals surface area contributed by atoms with Gasteiger partial charge in [0.05, 0.1) is 5.69 Å². The summed E-state index contributed by atoms with van der Waals surface area (Å²) in [5.74, 6) is 0.623. The van der Waals surface area contributed by atoms with Crippen molar-refractivity contribution in [2.45, 2.75) is 33.7 Å². The molecule has 1 aliphatic rings. The van der Waals surface area contributed by atoms with E-state index in [-0.39, 0.29) is 5.56 Å². The quantitative estimate of drug-likeness (QED) is 0.802. The van der Waals surface area contributed by atoms with Crippen LogP contribution in [0.4, 0.5) is 5.69 Å². The number of anilines is 1. The molecule has 2 rings (SSSR count). The Kier molecular flexibility index (Phi) is 2.14. The van der Waals surface area contributed by atoms with Gasteiger partial charge in [-0.2, -0.15) is 0 Å². The maximum atomic E-state index is 11.7. The first kappa shape index (κ1) is 10.3. The lowest BCUT2D eigenvalue weighted by atomic mass is 10.1. The maximum Gasteiger partial charge on any atom is 0.250 e. The van der Waals surface area contributed by atoms with Crippen molar-refractivity contribution in [2.75, 3.05) is 5.73 Å². The number of aryl methyl sites for hydroxylation is 1. The van der Waals surface area contributed by atoms with Gasteiger partial charge >= 0.3 is 0 Å². The van der Waals surface area contributed by atoms with E-state index in [2.05, 4.69) is 13.8 Å². The predicted molar refractivity (Wildman–Crippen MR) is 61.7 cm³/mol. The molecule has 1 aliphatic carbocycles. The van der Waals surface area contributed by atoms with Gasteiger partial charge in [0.25, 0.3) is 5.56 Å². The van der Waals surface area contributed by atoms with Crippen molar-refractivity contribution in [3.05, 3.63) is 28.2 Å². The molecule has 1 aromatic heterocycles. The van der Waals surface area contributed by atoms with Crippen LogP contribution in [0.5, 0.6) is 0 Å². The number of aromatic nitrogens is 1. The van der Waals surface area contributed by atoms with Crippen LogP contribution in [0.15, 0.2) is 17.1 Å². The van der Waals surface area contributed by atoms with E-state index in [0.29, 0.717) is 17.0 Å². The van der Waals surface area contributed by atoms with Gasteiger partial charge in [0.15, 0.2) is 0 Å².